The lowest BCUT2D eigenvalue weighted by molar-refractivity contribution is -0.292. The number of alkyl halides is 3. The van der Waals surface area contributed by atoms with Crippen molar-refractivity contribution in [3.63, 3.8) is 0 Å². The monoisotopic (exact) mass is 196 g/mol. The van der Waals surface area contributed by atoms with Crippen LogP contribution in [0, 0.1) is 11.8 Å². The first kappa shape index (κ1) is 10.8. The van der Waals surface area contributed by atoms with Gasteiger partial charge in [-0.1, -0.05) is 20.3 Å². The van der Waals surface area contributed by atoms with Gasteiger partial charge in [-0.2, -0.15) is 13.2 Å². The number of hydrogen-bond acceptors (Lipinski definition) is 1. The Labute approximate surface area is 75.9 Å². The largest absolute Gasteiger partial charge is 0.417 e. The van der Waals surface area contributed by atoms with Gasteiger partial charge in [0.05, 0.1) is 0 Å². The molecule has 0 heterocycles. The van der Waals surface area contributed by atoms with Gasteiger partial charge in [-0.3, -0.25) is 0 Å². The molecule has 0 spiro atoms. The summed E-state index contributed by atoms with van der Waals surface area (Å²) in [5.41, 5.74) is -2.45. The average Bonchev–Trinajstić information content (AvgIpc) is 1.98. The van der Waals surface area contributed by atoms with Crippen molar-refractivity contribution in [3.05, 3.63) is 0 Å². The second kappa shape index (κ2) is 3.15. The van der Waals surface area contributed by atoms with Crippen molar-refractivity contribution in [3.8, 4) is 0 Å². The third kappa shape index (κ3) is 1.68. The lowest BCUT2D eigenvalue weighted by Crippen LogP contribution is -2.54. The summed E-state index contributed by atoms with van der Waals surface area (Å²) < 4.78 is 37.5. The third-order valence-corrected chi connectivity index (χ3v) is 3.32. The van der Waals surface area contributed by atoms with E-state index >= 15 is 0 Å². The fourth-order valence-electron chi connectivity index (χ4n) is 2.04. The summed E-state index contributed by atoms with van der Waals surface area (Å²) in [7, 11) is 0. The van der Waals surface area contributed by atoms with Gasteiger partial charge in [0.1, 0.15) is 0 Å². The van der Waals surface area contributed by atoms with Crippen molar-refractivity contribution in [1.29, 1.82) is 0 Å². The van der Waals surface area contributed by atoms with Crippen LogP contribution in [0.3, 0.4) is 0 Å². The fourth-order valence-corrected chi connectivity index (χ4v) is 2.04. The molecule has 1 nitrogen and oxygen atoms in total. The summed E-state index contributed by atoms with van der Waals surface area (Å²) in [4.78, 5) is 0. The smallest absolute Gasteiger partial charge is 0.380 e. The van der Waals surface area contributed by atoms with Gasteiger partial charge in [0.2, 0.25) is 0 Å². The first-order chi connectivity index (χ1) is 5.79. The maximum Gasteiger partial charge on any atom is 0.417 e. The van der Waals surface area contributed by atoms with E-state index in [2.05, 4.69) is 0 Å². The van der Waals surface area contributed by atoms with Crippen LogP contribution in [0.25, 0.3) is 0 Å². The zero-order valence-corrected chi connectivity index (χ0v) is 7.86. The number of hydrogen-bond donors (Lipinski definition) is 1. The summed E-state index contributed by atoms with van der Waals surface area (Å²) in [6.07, 6.45) is -3.40. The Morgan fingerprint density at radius 2 is 1.85 bits per heavy atom. The maximum atomic E-state index is 12.5. The highest BCUT2D eigenvalue weighted by Gasteiger charge is 2.58. The number of aliphatic hydroxyl groups is 1. The number of rotatable bonds is 0. The van der Waals surface area contributed by atoms with Crippen LogP contribution in [0.1, 0.15) is 33.1 Å². The molecule has 0 aromatic rings. The van der Waals surface area contributed by atoms with E-state index in [0.717, 1.165) is 6.42 Å². The Hall–Kier alpha value is -0.250. The summed E-state index contributed by atoms with van der Waals surface area (Å²) in [6.45, 7) is 3.25. The summed E-state index contributed by atoms with van der Waals surface area (Å²) in [5.74, 6) is -0.748. The van der Waals surface area contributed by atoms with E-state index in [0.29, 0.717) is 6.42 Å². The maximum absolute atomic E-state index is 12.5. The lowest BCUT2D eigenvalue weighted by Gasteiger charge is -2.42. The SMILES string of the molecule is CC1CCCC(O)(C(F)(F)F)C1C. The van der Waals surface area contributed by atoms with E-state index in [1.54, 1.807) is 6.92 Å². The first-order valence-electron chi connectivity index (χ1n) is 4.58. The van der Waals surface area contributed by atoms with Crippen LogP contribution in [-0.2, 0) is 0 Å². The van der Waals surface area contributed by atoms with Crippen molar-refractivity contribution in [1.82, 2.24) is 0 Å². The van der Waals surface area contributed by atoms with E-state index < -0.39 is 17.7 Å². The van der Waals surface area contributed by atoms with Crippen LogP contribution in [0.15, 0.2) is 0 Å². The molecule has 0 aromatic carbocycles. The molecule has 4 heteroatoms. The highest BCUT2D eigenvalue weighted by atomic mass is 19.4. The van der Waals surface area contributed by atoms with Crippen LogP contribution >= 0.6 is 0 Å². The highest BCUT2D eigenvalue weighted by Crippen LogP contribution is 2.46. The first-order valence-corrected chi connectivity index (χ1v) is 4.58. The van der Waals surface area contributed by atoms with Crippen LogP contribution < -0.4 is 0 Å². The van der Waals surface area contributed by atoms with E-state index in [4.69, 9.17) is 0 Å². The second-order valence-electron chi connectivity index (χ2n) is 4.08. The molecule has 0 radical (unpaired) electrons. The van der Waals surface area contributed by atoms with E-state index in [1.807, 2.05) is 0 Å². The summed E-state index contributed by atoms with van der Waals surface area (Å²) in [5, 5.41) is 9.52. The Kier molecular flexibility index (Phi) is 2.63. The Balaban J connectivity index is 2.88. The van der Waals surface area contributed by atoms with Crippen LogP contribution in [0.4, 0.5) is 13.2 Å². The van der Waals surface area contributed by atoms with Crippen LogP contribution in [0.2, 0.25) is 0 Å². The predicted molar refractivity (Wildman–Crippen MR) is 43.2 cm³/mol. The minimum absolute atomic E-state index is 0.0552. The standard InChI is InChI=1S/C9H15F3O/c1-6-4-3-5-8(13,7(6)2)9(10,11)12/h6-7,13H,3-5H2,1-2H3. The number of halogens is 3. The van der Waals surface area contributed by atoms with Crippen molar-refractivity contribution in [2.75, 3.05) is 0 Å². The molecular weight excluding hydrogens is 181 g/mol. The zero-order chi connectivity index (χ0) is 10.3. The van der Waals surface area contributed by atoms with Gasteiger partial charge in [-0.05, 0) is 24.7 Å². The molecule has 13 heavy (non-hydrogen) atoms. The molecule has 1 rings (SSSR count). The lowest BCUT2D eigenvalue weighted by atomic mass is 9.70. The minimum Gasteiger partial charge on any atom is -0.380 e. The van der Waals surface area contributed by atoms with Crippen molar-refractivity contribution < 1.29 is 18.3 Å². The summed E-state index contributed by atoms with van der Waals surface area (Å²) >= 11 is 0. The zero-order valence-electron chi connectivity index (χ0n) is 7.86. The molecule has 78 valence electrons. The van der Waals surface area contributed by atoms with Crippen molar-refractivity contribution in [2.45, 2.75) is 44.9 Å². The quantitative estimate of drug-likeness (QED) is 0.631. The van der Waals surface area contributed by atoms with Crippen LogP contribution in [-0.4, -0.2) is 16.9 Å². The van der Waals surface area contributed by atoms with E-state index in [9.17, 15) is 18.3 Å². The van der Waals surface area contributed by atoms with Gasteiger partial charge in [-0.25, -0.2) is 0 Å². The molecule has 0 amide bonds. The van der Waals surface area contributed by atoms with Crippen molar-refractivity contribution >= 4 is 0 Å². The Morgan fingerprint density at radius 1 is 1.31 bits per heavy atom. The molecule has 0 aliphatic heterocycles. The molecule has 1 N–H and O–H groups in total. The molecule has 3 unspecified atom stereocenters. The van der Waals surface area contributed by atoms with Gasteiger partial charge in [0.15, 0.2) is 5.60 Å². The average molecular weight is 196 g/mol. The van der Waals surface area contributed by atoms with E-state index in [-0.39, 0.29) is 12.3 Å². The molecule has 1 aliphatic carbocycles. The molecule has 1 fully saturated rings. The molecule has 0 saturated heterocycles. The van der Waals surface area contributed by atoms with Gasteiger partial charge >= 0.3 is 6.18 Å². The molecule has 1 aliphatic rings. The summed E-state index contributed by atoms with van der Waals surface area (Å²) in [6, 6.07) is 0. The molecule has 0 bridgehead atoms. The molecule has 0 aromatic heterocycles. The topological polar surface area (TPSA) is 20.2 Å². The second-order valence-corrected chi connectivity index (χ2v) is 4.08. The van der Waals surface area contributed by atoms with Crippen LogP contribution in [0.5, 0.6) is 0 Å². The molecule has 1 saturated carbocycles. The Bertz CT molecular complexity index is 190. The predicted octanol–water partition coefficient (Wildman–Crippen LogP) is 2.74. The minimum atomic E-state index is -4.49. The molecule has 3 atom stereocenters. The normalized spacial score (nSPS) is 42.0. The Morgan fingerprint density at radius 3 is 2.23 bits per heavy atom. The van der Waals surface area contributed by atoms with E-state index in [1.165, 1.54) is 6.92 Å². The van der Waals surface area contributed by atoms with Gasteiger partial charge < -0.3 is 5.11 Å². The van der Waals surface area contributed by atoms with Gasteiger partial charge in [-0.15, -0.1) is 0 Å². The fraction of sp³-hybridized carbons (Fsp3) is 1.00. The highest BCUT2D eigenvalue weighted by molar-refractivity contribution is 4.96. The van der Waals surface area contributed by atoms with Gasteiger partial charge in [0.25, 0.3) is 0 Å². The van der Waals surface area contributed by atoms with Gasteiger partial charge in [0, 0.05) is 0 Å². The van der Waals surface area contributed by atoms with Crippen molar-refractivity contribution in [2.24, 2.45) is 11.8 Å². The molecular formula is C9H15F3O. The third-order valence-electron chi connectivity index (χ3n) is 3.32.